The van der Waals surface area contributed by atoms with Crippen LogP contribution in [0.25, 0.3) is 0 Å². The molecule has 0 aliphatic carbocycles. The fourth-order valence-corrected chi connectivity index (χ4v) is 2.13. The number of ether oxygens (including phenoxy) is 1. The van der Waals surface area contributed by atoms with Crippen LogP contribution in [0.5, 0.6) is 5.75 Å². The number of aryl methyl sites for hydroxylation is 2. The minimum Gasteiger partial charge on any atom is -0.494 e. The van der Waals surface area contributed by atoms with Gasteiger partial charge in [0.05, 0.1) is 12.8 Å². The molecule has 1 unspecified atom stereocenters. The van der Waals surface area contributed by atoms with Crippen LogP contribution in [0.3, 0.4) is 0 Å². The highest BCUT2D eigenvalue weighted by Crippen LogP contribution is 2.29. The van der Waals surface area contributed by atoms with E-state index in [0.717, 1.165) is 5.69 Å². The van der Waals surface area contributed by atoms with Crippen molar-refractivity contribution in [1.29, 1.82) is 0 Å². The highest BCUT2D eigenvalue weighted by Gasteiger charge is 2.10. The molecule has 20 heavy (non-hydrogen) atoms. The summed E-state index contributed by atoms with van der Waals surface area (Å²) in [6.45, 7) is 6.27. The Morgan fingerprint density at radius 2 is 1.80 bits per heavy atom. The largest absolute Gasteiger partial charge is 0.494 e. The van der Waals surface area contributed by atoms with Gasteiger partial charge in [-0.3, -0.25) is 0 Å². The number of hydrogen-bond donors (Lipinski definition) is 1. The molecule has 0 fully saturated rings. The lowest BCUT2D eigenvalue weighted by Gasteiger charge is -2.19. The number of anilines is 1. The number of hydrogen-bond acceptors (Lipinski definition) is 2. The van der Waals surface area contributed by atoms with Gasteiger partial charge in [0.2, 0.25) is 0 Å². The zero-order valence-corrected chi connectivity index (χ0v) is 12.3. The van der Waals surface area contributed by atoms with Crippen molar-refractivity contribution in [1.82, 2.24) is 0 Å². The lowest BCUT2D eigenvalue weighted by atomic mass is 10.0. The number of rotatable bonds is 4. The second-order valence-corrected chi connectivity index (χ2v) is 5.05. The lowest BCUT2D eigenvalue weighted by molar-refractivity contribution is 0.412. The van der Waals surface area contributed by atoms with Crippen molar-refractivity contribution in [2.45, 2.75) is 26.8 Å². The molecule has 0 aromatic heterocycles. The van der Waals surface area contributed by atoms with E-state index in [1.807, 2.05) is 0 Å². The highest BCUT2D eigenvalue weighted by atomic mass is 19.1. The van der Waals surface area contributed by atoms with Gasteiger partial charge in [-0.2, -0.15) is 0 Å². The number of methoxy groups -OCH3 is 1. The van der Waals surface area contributed by atoms with Crippen LogP contribution in [-0.4, -0.2) is 7.11 Å². The molecule has 0 spiro atoms. The van der Waals surface area contributed by atoms with Crippen LogP contribution in [0.4, 0.5) is 10.1 Å². The fraction of sp³-hybridized carbons (Fsp3) is 0.294. The lowest BCUT2D eigenvalue weighted by Crippen LogP contribution is -2.08. The number of benzene rings is 2. The van der Waals surface area contributed by atoms with Crippen LogP contribution < -0.4 is 10.1 Å². The Balaban J connectivity index is 2.22. The van der Waals surface area contributed by atoms with Crippen LogP contribution in [0, 0.1) is 19.7 Å². The summed E-state index contributed by atoms with van der Waals surface area (Å²) in [7, 11) is 1.54. The van der Waals surface area contributed by atoms with Gasteiger partial charge in [0.15, 0.2) is 0 Å². The molecule has 0 radical (unpaired) electrons. The summed E-state index contributed by atoms with van der Waals surface area (Å²) in [5, 5.41) is 3.36. The van der Waals surface area contributed by atoms with Crippen molar-refractivity contribution in [2.75, 3.05) is 12.4 Å². The monoisotopic (exact) mass is 273 g/mol. The van der Waals surface area contributed by atoms with Crippen LogP contribution in [0.15, 0.2) is 36.4 Å². The molecule has 0 heterocycles. The third-order valence-electron chi connectivity index (χ3n) is 3.57. The van der Waals surface area contributed by atoms with Gasteiger partial charge in [-0.05, 0) is 49.6 Å². The highest BCUT2D eigenvalue weighted by molar-refractivity contribution is 5.57. The fourth-order valence-electron chi connectivity index (χ4n) is 2.13. The first-order chi connectivity index (χ1) is 9.51. The summed E-state index contributed by atoms with van der Waals surface area (Å²) in [5.74, 6) is 0.215. The smallest absolute Gasteiger partial charge is 0.144 e. The van der Waals surface area contributed by atoms with Gasteiger partial charge >= 0.3 is 0 Å². The van der Waals surface area contributed by atoms with E-state index in [1.165, 1.54) is 28.8 Å². The standard InChI is InChI=1S/C17H20FNO/c1-11-5-6-14(9-12(11)2)13(3)19-16-8-7-15(18)10-17(16)20-4/h5-10,13,19H,1-4H3. The summed E-state index contributed by atoms with van der Waals surface area (Å²) in [4.78, 5) is 0. The molecule has 0 saturated carbocycles. The number of nitrogens with one attached hydrogen (secondary N) is 1. The normalized spacial score (nSPS) is 12.1. The summed E-state index contributed by atoms with van der Waals surface area (Å²) < 4.78 is 18.4. The predicted molar refractivity (Wildman–Crippen MR) is 80.9 cm³/mol. The van der Waals surface area contributed by atoms with Crippen LogP contribution in [0.1, 0.15) is 29.7 Å². The van der Waals surface area contributed by atoms with E-state index in [0.29, 0.717) is 5.75 Å². The van der Waals surface area contributed by atoms with Gasteiger partial charge in [0, 0.05) is 12.1 Å². The van der Waals surface area contributed by atoms with E-state index in [1.54, 1.807) is 13.2 Å². The molecule has 3 heteroatoms. The molecular formula is C17H20FNO. The van der Waals surface area contributed by atoms with E-state index < -0.39 is 0 Å². The third-order valence-corrected chi connectivity index (χ3v) is 3.57. The molecule has 106 valence electrons. The van der Waals surface area contributed by atoms with Crippen molar-refractivity contribution in [3.05, 3.63) is 58.9 Å². The first-order valence-corrected chi connectivity index (χ1v) is 6.68. The molecule has 0 amide bonds. The van der Waals surface area contributed by atoms with E-state index in [-0.39, 0.29) is 11.9 Å². The van der Waals surface area contributed by atoms with Crippen LogP contribution in [0.2, 0.25) is 0 Å². The average Bonchev–Trinajstić information content (AvgIpc) is 2.43. The maximum atomic E-state index is 13.2. The van der Waals surface area contributed by atoms with E-state index in [4.69, 9.17) is 4.74 Å². The summed E-state index contributed by atoms with van der Waals surface area (Å²) in [5.41, 5.74) is 4.53. The number of halogens is 1. The third kappa shape index (κ3) is 3.10. The van der Waals surface area contributed by atoms with E-state index in [2.05, 4.69) is 44.3 Å². The Hall–Kier alpha value is -2.03. The maximum absolute atomic E-state index is 13.2. The van der Waals surface area contributed by atoms with Gasteiger partial charge in [-0.25, -0.2) is 4.39 Å². The second kappa shape index (κ2) is 5.95. The molecule has 0 saturated heterocycles. The van der Waals surface area contributed by atoms with Gasteiger partial charge in [-0.15, -0.1) is 0 Å². The van der Waals surface area contributed by atoms with E-state index in [9.17, 15) is 4.39 Å². The molecule has 1 N–H and O–H groups in total. The summed E-state index contributed by atoms with van der Waals surface area (Å²) in [6.07, 6.45) is 0. The van der Waals surface area contributed by atoms with Crippen LogP contribution in [-0.2, 0) is 0 Å². The van der Waals surface area contributed by atoms with Gasteiger partial charge < -0.3 is 10.1 Å². The van der Waals surface area contributed by atoms with E-state index >= 15 is 0 Å². The first kappa shape index (κ1) is 14.4. The first-order valence-electron chi connectivity index (χ1n) is 6.68. The molecule has 2 aromatic rings. The summed E-state index contributed by atoms with van der Waals surface area (Å²) >= 11 is 0. The van der Waals surface area contributed by atoms with Crippen molar-refractivity contribution in [3.8, 4) is 5.75 Å². The van der Waals surface area contributed by atoms with Crippen LogP contribution >= 0.6 is 0 Å². The van der Waals surface area contributed by atoms with Crippen molar-refractivity contribution >= 4 is 5.69 Å². The molecule has 2 rings (SSSR count). The zero-order chi connectivity index (χ0) is 14.7. The van der Waals surface area contributed by atoms with Gasteiger partial charge in [-0.1, -0.05) is 18.2 Å². The van der Waals surface area contributed by atoms with Gasteiger partial charge in [0.25, 0.3) is 0 Å². The molecular weight excluding hydrogens is 253 g/mol. The Bertz CT molecular complexity index is 610. The molecule has 2 nitrogen and oxygen atoms in total. The SMILES string of the molecule is COc1cc(F)ccc1NC(C)c1ccc(C)c(C)c1. The summed E-state index contributed by atoms with van der Waals surface area (Å²) in [6, 6.07) is 11.0. The molecule has 0 aliphatic rings. The Morgan fingerprint density at radius 3 is 2.45 bits per heavy atom. The molecule has 0 aliphatic heterocycles. The maximum Gasteiger partial charge on any atom is 0.144 e. The molecule has 0 bridgehead atoms. The van der Waals surface area contributed by atoms with Crippen molar-refractivity contribution in [2.24, 2.45) is 0 Å². The average molecular weight is 273 g/mol. The molecule has 2 aromatic carbocycles. The quantitative estimate of drug-likeness (QED) is 0.877. The Kier molecular flexibility index (Phi) is 4.28. The zero-order valence-electron chi connectivity index (χ0n) is 12.3. The minimum absolute atomic E-state index is 0.119. The topological polar surface area (TPSA) is 21.3 Å². The van der Waals surface area contributed by atoms with Crippen molar-refractivity contribution in [3.63, 3.8) is 0 Å². The second-order valence-electron chi connectivity index (χ2n) is 5.05. The van der Waals surface area contributed by atoms with Crippen molar-refractivity contribution < 1.29 is 9.13 Å². The van der Waals surface area contributed by atoms with Gasteiger partial charge in [0.1, 0.15) is 11.6 Å². The Morgan fingerprint density at radius 1 is 1.05 bits per heavy atom. The predicted octanol–water partition coefficient (Wildman–Crippen LogP) is 4.62. The molecule has 1 atom stereocenters. The Labute approximate surface area is 119 Å². The minimum atomic E-state index is -0.300.